The minimum atomic E-state index is 0.246. The van der Waals surface area contributed by atoms with Gasteiger partial charge in [0, 0.05) is 10.6 Å². The smallest absolute Gasteiger partial charge is 0.119 e. The third kappa shape index (κ3) is 4.96. The molecule has 0 bridgehead atoms. The molecule has 142 valence electrons. The molecule has 0 saturated heterocycles. The van der Waals surface area contributed by atoms with Gasteiger partial charge in [0.15, 0.2) is 0 Å². The number of hydrogen-bond acceptors (Lipinski definition) is 10. The molecule has 10 heteroatoms. The van der Waals surface area contributed by atoms with E-state index in [1.54, 1.807) is 24.3 Å². The number of hydrogen-bond donors (Lipinski definition) is 4. The van der Waals surface area contributed by atoms with E-state index >= 15 is 0 Å². The Morgan fingerprint density at radius 2 is 1.81 bits per heavy atom. The first-order chi connectivity index (χ1) is 13.1. The second-order valence-electron chi connectivity index (χ2n) is 5.41. The Bertz CT molecular complexity index is 941. The van der Waals surface area contributed by atoms with Gasteiger partial charge in [-0.3, -0.25) is 0 Å². The van der Waals surface area contributed by atoms with Crippen molar-refractivity contribution in [1.82, 2.24) is 0 Å². The molecule has 0 fully saturated rings. The fourth-order valence-corrected chi connectivity index (χ4v) is 3.21. The van der Waals surface area contributed by atoms with Crippen LogP contribution in [0.2, 0.25) is 0 Å². The van der Waals surface area contributed by atoms with Gasteiger partial charge >= 0.3 is 0 Å². The number of anilines is 2. The highest BCUT2D eigenvalue weighted by Crippen LogP contribution is 2.31. The molecule has 3 aromatic rings. The molecule has 3 aromatic carbocycles. The number of benzene rings is 3. The summed E-state index contributed by atoms with van der Waals surface area (Å²) in [5, 5.41) is 23.5. The fraction of sp³-hybridized carbons (Fsp3) is 0.0588. The maximum atomic E-state index is 9.83. The number of phenols is 1. The van der Waals surface area contributed by atoms with E-state index in [0.717, 1.165) is 45.3 Å². The van der Waals surface area contributed by atoms with Gasteiger partial charge < -0.3 is 10.8 Å². The topological polar surface area (TPSA) is 115 Å². The molecule has 27 heavy (non-hydrogen) atoms. The number of nitrogens with two attached hydrogens (primary N) is 1. The summed E-state index contributed by atoms with van der Waals surface area (Å²) in [4.78, 5) is 6.30. The van der Waals surface area contributed by atoms with E-state index in [2.05, 4.69) is 14.9 Å². The van der Waals surface area contributed by atoms with Gasteiger partial charge in [-0.2, -0.15) is 0 Å². The molecule has 0 aromatic heterocycles. The van der Waals surface area contributed by atoms with E-state index in [4.69, 9.17) is 20.3 Å². The van der Waals surface area contributed by atoms with Crippen LogP contribution in [0.5, 0.6) is 5.75 Å². The molecule has 0 amide bonds. The first kappa shape index (κ1) is 19.6. The summed E-state index contributed by atoms with van der Waals surface area (Å²) in [7, 11) is 0. The normalized spacial score (nSPS) is 11.0. The first-order valence-electron chi connectivity index (χ1n) is 7.61. The maximum absolute atomic E-state index is 9.83. The lowest BCUT2D eigenvalue weighted by Gasteiger charge is -2.09. The summed E-state index contributed by atoms with van der Waals surface area (Å²) in [6, 6.07) is 14.2. The van der Waals surface area contributed by atoms with Crippen molar-refractivity contribution in [3.63, 3.8) is 0 Å². The van der Waals surface area contributed by atoms with Crippen LogP contribution in [0.1, 0.15) is 5.56 Å². The Morgan fingerprint density at radius 3 is 2.63 bits per heavy atom. The van der Waals surface area contributed by atoms with Gasteiger partial charge in [0.2, 0.25) is 0 Å². The van der Waals surface area contributed by atoms with Crippen LogP contribution >= 0.6 is 24.1 Å². The van der Waals surface area contributed by atoms with Gasteiger partial charge in [-0.05, 0) is 59.7 Å². The predicted molar refractivity (Wildman–Crippen MR) is 104 cm³/mol. The summed E-state index contributed by atoms with van der Waals surface area (Å²) < 4.78 is 9.47. The third-order valence-electron chi connectivity index (χ3n) is 3.73. The summed E-state index contributed by atoms with van der Waals surface area (Å²) >= 11 is 1.76. The molecular weight excluding hydrogens is 392 g/mol. The lowest BCUT2D eigenvalue weighted by atomic mass is 10.1. The highest BCUT2D eigenvalue weighted by atomic mass is 32.2. The zero-order valence-corrected chi connectivity index (χ0v) is 15.7. The molecular formula is C17H16N2O6S2. The van der Waals surface area contributed by atoms with E-state index in [-0.39, 0.29) is 5.75 Å². The van der Waals surface area contributed by atoms with Crippen molar-refractivity contribution in [1.29, 1.82) is 0 Å². The SMILES string of the molecule is Cc1c(O)ccc2ccc(SOONc3ccc(N)c(SOOO)c3)cc12. The Balaban J connectivity index is 1.57. The van der Waals surface area contributed by atoms with Gasteiger partial charge in [0.1, 0.15) is 5.75 Å². The molecule has 0 atom stereocenters. The lowest BCUT2D eigenvalue weighted by molar-refractivity contribution is -0.432. The summed E-state index contributed by atoms with van der Waals surface area (Å²) in [5.74, 6) is 0.246. The third-order valence-corrected chi connectivity index (χ3v) is 4.97. The van der Waals surface area contributed by atoms with Crippen molar-refractivity contribution < 1.29 is 29.1 Å². The van der Waals surface area contributed by atoms with Crippen LogP contribution in [0.4, 0.5) is 11.4 Å². The molecule has 5 N–H and O–H groups in total. The van der Waals surface area contributed by atoms with E-state index in [9.17, 15) is 5.11 Å². The zero-order valence-electron chi connectivity index (χ0n) is 14.0. The summed E-state index contributed by atoms with van der Waals surface area (Å²) in [5.41, 5.74) is 10.2. The van der Waals surface area contributed by atoms with Crippen LogP contribution < -0.4 is 11.2 Å². The van der Waals surface area contributed by atoms with E-state index in [1.807, 2.05) is 31.2 Å². The first-order valence-corrected chi connectivity index (χ1v) is 9.09. The molecule has 8 nitrogen and oxygen atoms in total. The number of phenolic OH excluding ortho intramolecular Hbond substituents is 1. The Labute approximate surface area is 163 Å². The van der Waals surface area contributed by atoms with Crippen LogP contribution in [-0.2, 0) is 18.7 Å². The molecule has 0 aliphatic rings. The van der Waals surface area contributed by atoms with E-state index < -0.39 is 0 Å². The zero-order chi connectivity index (χ0) is 19.2. The van der Waals surface area contributed by atoms with Gasteiger partial charge in [-0.15, -0.1) is 13.7 Å². The number of fused-ring (bicyclic) bond motifs is 1. The van der Waals surface area contributed by atoms with Crippen molar-refractivity contribution >= 4 is 46.2 Å². The molecule has 0 radical (unpaired) electrons. The quantitative estimate of drug-likeness (QED) is 0.136. The van der Waals surface area contributed by atoms with Crippen LogP contribution in [-0.4, -0.2) is 10.4 Å². The molecule has 3 rings (SSSR count). The Morgan fingerprint density at radius 1 is 1.00 bits per heavy atom. The van der Waals surface area contributed by atoms with E-state index in [1.165, 1.54) is 0 Å². The van der Waals surface area contributed by atoms with Gasteiger partial charge in [-0.1, -0.05) is 17.2 Å². The largest absolute Gasteiger partial charge is 0.508 e. The monoisotopic (exact) mass is 408 g/mol. The highest BCUT2D eigenvalue weighted by Gasteiger charge is 2.06. The number of nitrogen functional groups attached to an aromatic ring is 1. The van der Waals surface area contributed by atoms with Crippen molar-refractivity contribution in [3.05, 3.63) is 54.1 Å². The maximum Gasteiger partial charge on any atom is 0.119 e. The molecule has 0 heterocycles. The van der Waals surface area contributed by atoms with Crippen LogP contribution in [0.15, 0.2) is 58.3 Å². The number of aromatic hydroxyl groups is 1. The number of rotatable bonds is 8. The summed E-state index contributed by atoms with van der Waals surface area (Å²) in [6.45, 7) is 1.85. The second kappa shape index (κ2) is 9.15. The van der Waals surface area contributed by atoms with Crippen molar-refractivity contribution in [2.24, 2.45) is 0 Å². The van der Waals surface area contributed by atoms with Crippen LogP contribution in [0, 0.1) is 6.92 Å². The van der Waals surface area contributed by atoms with Crippen LogP contribution in [0.3, 0.4) is 0 Å². The minimum absolute atomic E-state index is 0.246. The average molecular weight is 408 g/mol. The number of aryl methyl sites for hydroxylation is 1. The highest BCUT2D eigenvalue weighted by molar-refractivity contribution is 7.94. The lowest BCUT2D eigenvalue weighted by Crippen LogP contribution is -2.00. The molecule has 0 unspecified atom stereocenters. The molecule has 0 spiro atoms. The summed E-state index contributed by atoms with van der Waals surface area (Å²) in [6.07, 6.45) is 0. The van der Waals surface area contributed by atoms with Gasteiger partial charge in [0.05, 0.1) is 34.7 Å². The predicted octanol–water partition coefficient (Wildman–Crippen LogP) is 4.85. The Kier molecular flexibility index (Phi) is 6.63. The standard InChI is InChI=1S/C17H16N2O6S2/c1-10-14-9-13(5-2-11(14)3-7-16(10)20)26-24-22-19-12-4-6-15(18)17(8-12)27-25-23-21/h2-9,19-21H,18H2,1H3. The molecule has 0 aliphatic heterocycles. The Hall–Kier alpha value is -2.18. The fourth-order valence-electron chi connectivity index (χ4n) is 2.33. The molecule has 0 saturated carbocycles. The van der Waals surface area contributed by atoms with Gasteiger partial charge in [-0.25, -0.2) is 10.7 Å². The van der Waals surface area contributed by atoms with Crippen molar-refractivity contribution in [2.75, 3.05) is 11.2 Å². The minimum Gasteiger partial charge on any atom is -0.508 e. The van der Waals surface area contributed by atoms with Gasteiger partial charge in [0.25, 0.3) is 0 Å². The molecule has 0 aliphatic carbocycles. The van der Waals surface area contributed by atoms with E-state index in [0.29, 0.717) is 16.3 Å². The average Bonchev–Trinajstić information content (AvgIpc) is 2.68. The van der Waals surface area contributed by atoms with Crippen molar-refractivity contribution in [3.8, 4) is 5.75 Å². The number of nitrogens with one attached hydrogen (secondary N) is 1. The van der Waals surface area contributed by atoms with Crippen LogP contribution in [0.25, 0.3) is 10.8 Å². The van der Waals surface area contributed by atoms with Crippen molar-refractivity contribution in [2.45, 2.75) is 16.7 Å². The second-order valence-corrected chi connectivity index (χ2v) is 6.92.